The van der Waals surface area contributed by atoms with Crippen molar-refractivity contribution in [1.29, 1.82) is 0 Å². The Morgan fingerprint density at radius 2 is 1.79 bits per heavy atom. The highest BCUT2D eigenvalue weighted by Gasteiger charge is 2.39. The molecule has 7 N–H and O–H groups in total. The van der Waals surface area contributed by atoms with Crippen molar-refractivity contribution >= 4 is 42.2 Å². The normalized spacial score (nSPS) is 19.3. The summed E-state index contributed by atoms with van der Waals surface area (Å²) in [4.78, 5) is 61.5. The van der Waals surface area contributed by atoms with E-state index in [-0.39, 0.29) is 18.2 Å². The summed E-state index contributed by atoms with van der Waals surface area (Å²) in [5.74, 6) is -4.30. The number of carbonyl (C=O) groups is 5. The fraction of sp³-hybridized carbons (Fsp3) is 0.706. The first kappa shape index (κ1) is 24.7. The van der Waals surface area contributed by atoms with Crippen LogP contribution in [0.3, 0.4) is 0 Å². The zero-order chi connectivity index (χ0) is 22.3. The molecule has 4 unspecified atom stereocenters. The Morgan fingerprint density at radius 1 is 1.17 bits per heavy atom. The molecule has 4 atom stereocenters. The lowest BCUT2D eigenvalue weighted by Gasteiger charge is -2.30. The Balaban J connectivity index is 2.97. The van der Waals surface area contributed by atoms with Crippen molar-refractivity contribution in [2.24, 2.45) is 17.4 Å². The van der Waals surface area contributed by atoms with Gasteiger partial charge in [-0.25, -0.2) is 4.79 Å². The SMILES string of the molecule is CC(C)C(NC(=O)C(CC(N)=O)NC(=O)C(N)CS)C(=O)N1CCCC1C(=O)O. The molecule has 1 aliphatic rings. The van der Waals surface area contributed by atoms with Crippen LogP contribution in [0.25, 0.3) is 0 Å². The van der Waals surface area contributed by atoms with E-state index in [4.69, 9.17) is 11.5 Å². The molecule has 1 aliphatic heterocycles. The maximum atomic E-state index is 12.9. The van der Waals surface area contributed by atoms with Gasteiger partial charge in [-0.1, -0.05) is 13.8 Å². The van der Waals surface area contributed by atoms with Gasteiger partial charge in [0.15, 0.2) is 0 Å². The molecule has 0 spiro atoms. The molecule has 1 heterocycles. The summed E-state index contributed by atoms with van der Waals surface area (Å²) in [6.07, 6.45) is 0.391. The van der Waals surface area contributed by atoms with Crippen LogP contribution in [0.2, 0.25) is 0 Å². The highest BCUT2D eigenvalue weighted by atomic mass is 32.1. The number of hydrogen-bond acceptors (Lipinski definition) is 7. The molecular weight excluding hydrogens is 402 g/mol. The average Bonchev–Trinajstić information content (AvgIpc) is 3.13. The van der Waals surface area contributed by atoms with Gasteiger partial charge in [0.25, 0.3) is 0 Å². The van der Waals surface area contributed by atoms with Gasteiger partial charge >= 0.3 is 5.97 Å². The van der Waals surface area contributed by atoms with Gasteiger partial charge in [-0.15, -0.1) is 0 Å². The Kier molecular flexibility index (Phi) is 9.37. The number of aliphatic carboxylic acids is 1. The number of carboxylic acids is 1. The zero-order valence-corrected chi connectivity index (χ0v) is 17.4. The number of rotatable bonds is 10. The molecule has 29 heavy (non-hydrogen) atoms. The van der Waals surface area contributed by atoms with Gasteiger partial charge in [0, 0.05) is 12.3 Å². The summed E-state index contributed by atoms with van der Waals surface area (Å²) in [6.45, 7) is 3.65. The van der Waals surface area contributed by atoms with Crippen molar-refractivity contribution < 1.29 is 29.1 Å². The van der Waals surface area contributed by atoms with Crippen LogP contribution >= 0.6 is 12.6 Å². The molecule has 0 radical (unpaired) electrons. The standard InChI is InChI=1S/C17H29N5O6S/c1-8(2)13(16(26)22-5-3-4-11(22)17(27)28)21-15(25)10(6-12(19)23)20-14(24)9(18)7-29/h8-11,13,29H,3-7,18H2,1-2H3,(H2,19,23)(H,20,24)(H,21,25)(H,27,28). The highest BCUT2D eigenvalue weighted by Crippen LogP contribution is 2.20. The number of nitrogens with zero attached hydrogens (tertiary/aromatic N) is 1. The van der Waals surface area contributed by atoms with Crippen molar-refractivity contribution in [3.05, 3.63) is 0 Å². The van der Waals surface area contributed by atoms with Crippen LogP contribution < -0.4 is 22.1 Å². The number of likely N-dealkylation sites (tertiary alicyclic amines) is 1. The summed E-state index contributed by atoms with van der Waals surface area (Å²) in [5, 5.41) is 14.1. The third kappa shape index (κ3) is 6.89. The number of carbonyl (C=O) groups excluding carboxylic acids is 4. The average molecular weight is 432 g/mol. The van der Waals surface area contributed by atoms with Gasteiger partial charge in [-0.3, -0.25) is 19.2 Å². The van der Waals surface area contributed by atoms with Gasteiger partial charge in [0.05, 0.1) is 12.5 Å². The van der Waals surface area contributed by atoms with Crippen LogP contribution in [0.5, 0.6) is 0 Å². The van der Waals surface area contributed by atoms with E-state index in [2.05, 4.69) is 23.3 Å². The first-order valence-corrected chi connectivity index (χ1v) is 9.91. The quantitative estimate of drug-likeness (QED) is 0.212. The number of carboxylic acid groups (broad SMARTS) is 1. The fourth-order valence-electron chi connectivity index (χ4n) is 3.01. The Morgan fingerprint density at radius 3 is 2.28 bits per heavy atom. The van der Waals surface area contributed by atoms with Crippen LogP contribution in [0.15, 0.2) is 0 Å². The largest absolute Gasteiger partial charge is 0.480 e. The Hall–Kier alpha value is -2.34. The molecule has 0 aromatic rings. The predicted octanol–water partition coefficient (Wildman–Crippen LogP) is -2.18. The number of nitrogens with two attached hydrogens (primary N) is 2. The fourth-order valence-corrected chi connectivity index (χ4v) is 3.17. The second-order valence-electron chi connectivity index (χ2n) is 7.28. The van der Waals surface area contributed by atoms with E-state index in [9.17, 15) is 29.1 Å². The van der Waals surface area contributed by atoms with Crippen LogP contribution in [-0.2, 0) is 24.0 Å². The molecule has 164 valence electrons. The molecule has 1 fully saturated rings. The molecule has 4 amide bonds. The van der Waals surface area contributed by atoms with Gasteiger partial charge in [0.1, 0.15) is 18.1 Å². The Labute approximate surface area is 174 Å². The van der Waals surface area contributed by atoms with Crippen molar-refractivity contribution in [3.63, 3.8) is 0 Å². The molecule has 0 bridgehead atoms. The summed E-state index contributed by atoms with van der Waals surface area (Å²) >= 11 is 3.91. The molecule has 1 saturated heterocycles. The number of thiol groups is 1. The summed E-state index contributed by atoms with van der Waals surface area (Å²) in [7, 11) is 0. The monoisotopic (exact) mass is 431 g/mol. The minimum atomic E-state index is -1.33. The smallest absolute Gasteiger partial charge is 0.326 e. The molecule has 0 aromatic carbocycles. The summed E-state index contributed by atoms with van der Waals surface area (Å²) in [5.41, 5.74) is 10.7. The molecule has 12 heteroatoms. The minimum Gasteiger partial charge on any atom is -0.480 e. The summed E-state index contributed by atoms with van der Waals surface area (Å²) in [6, 6.07) is -4.30. The lowest BCUT2D eigenvalue weighted by Crippen LogP contribution is -2.59. The molecular formula is C17H29N5O6S. The van der Waals surface area contributed by atoms with E-state index in [0.29, 0.717) is 12.8 Å². The first-order valence-electron chi connectivity index (χ1n) is 9.28. The third-order valence-corrected chi connectivity index (χ3v) is 5.02. The Bertz CT molecular complexity index is 658. The van der Waals surface area contributed by atoms with Crippen LogP contribution in [0.1, 0.15) is 33.1 Å². The number of hydrogen-bond donors (Lipinski definition) is 6. The predicted molar refractivity (Wildman–Crippen MR) is 107 cm³/mol. The van der Waals surface area contributed by atoms with Crippen molar-refractivity contribution in [3.8, 4) is 0 Å². The van der Waals surface area contributed by atoms with Crippen LogP contribution in [0, 0.1) is 5.92 Å². The molecule has 0 saturated carbocycles. The second-order valence-corrected chi connectivity index (χ2v) is 7.64. The van der Waals surface area contributed by atoms with E-state index in [1.54, 1.807) is 13.8 Å². The maximum absolute atomic E-state index is 12.9. The second kappa shape index (κ2) is 11.0. The number of primary amides is 1. The molecule has 0 aliphatic carbocycles. The maximum Gasteiger partial charge on any atom is 0.326 e. The van der Waals surface area contributed by atoms with Gasteiger partial charge in [0.2, 0.25) is 23.6 Å². The topological polar surface area (TPSA) is 185 Å². The number of amides is 4. The van der Waals surface area contributed by atoms with Crippen molar-refractivity contribution in [2.45, 2.75) is 57.3 Å². The van der Waals surface area contributed by atoms with Gasteiger partial charge in [-0.2, -0.15) is 12.6 Å². The number of nitrogens with one attached hydrogen (secondary N) is 2. The van der Waals surface area contributed by atoms with E-state index >= 15 is 0 Å². The van der Waals surface area contributed by atoms with E-state index in [1.165, 1.54) is 4.90 Å². The van der Waals surface area contributed by atoms with Gasteiger partial charge < -0.3 is 32.1 Å². The first-order chi connectivity index (χ1) is 13.5. The van der Waals surface area contributed by atoms with Crippen molar-refractivity contribution in [1.82, 2.24) is 15.5 Å². The molecule has 1 rings (SSSR count). The van der Waals surface area contributed by atoms with E-state index < -0.39 is 60.2 Å². The summed E-state index contributed by atoms with van der Waals surface area (Å²) < 4.78 is 0. The third-order valence-electron chi connectivity index (χ3n) is 4.62. The van der Waals surface area contributed by atoms with E-state index in [1.807, 2.05) is 0 Å². The van der Waals surface area contributed by atoms with Crippen LogP contribution in [-0.4, -0.2) is 76.1 Å². The van der Waals surface area contributed by atoms with E-state index in [0.717, 1.165) is 0 Å². The lowest BCUT2D eigenvalue weighted by molar-refractivity contribution is -0.150. The van der Waals surface area contributed by atoms with Crippen molar-refractivity contribution in [2.75, 3.05) is 12.3 Å². The molecule has 0 aromatic heterocycles. The zero-order valence-electron chi connectivity index (χ0n) is 16.5. The highest BCUT2D eigenvalue weighted by molar-refractivity contribution is 7.80. The minimum absolute atomic E-state index is 0.0232. The van der Waals surface area contributed by atoms with Gasteiger partial charge in [-0.05, 0) is 18.8 Å². The van der Waals surface area contributed by atoms with Crippen LogP contribution in [0.4, 0.5) is 0 Å². The lowest BCUT2D eigenvalue weighted by atomic mass is 10.0. The molecule has 11 nitrogen and oxygen atoms in total.